The van der Waals surface area contributed by atoms with Gasteiger partial charge in [0.05, 0.1) is 0 Å². The summed E-state index contributed by atoms with van der Waals surface area (Å²) in [6.07, 6.45) is 4.20. The maximum atomic E-state index is 13.9. The quantitative estimate of drug-likeness (QED) is 0.726. The Hall–Kier alpha value is -1.84. The maximum Gasteiger partial charge on any atom is 0.374 e. The predicted octanol–water partition coefficient (Wildman–Crippen LogP) is 3.56. The number of carbonyl (C=O) groups excluding carboxylic acids is 1. The highest BCUT2D eigenvalue weighted by Crippen LogP contribution is 2.41. The van der Waals surface area contributed by atoms with Gasteiger partial charge in [0.2, 0.25) is 0 Å². The third kappa shape index (κ3) is 2.23. The van der Waals surface area contributed by atoms with Gasteiger partial charge >= 0.3 is 5.97 Å². The number of esters is 1. The summed E-state index contributed by atoms with van der Waals surface area (Å²) in [6, 6.07) is 8.85. The number of halogens is 1. The van der Waals surface area contributed by atoms with Gasteiger partial charge in [-0.25, -0.2) is 4.79 Å². The molecule has 19 heavy (non-hydrogen) atoms. The third-order valence-electron chi connectivity index (χ3n) is 3.60. The largest absolute Gasteiger partial charge is 0.448 e. The molecule has 2 aliphatic rings. The van der Waals surface area contributed by atoms with Crippen LogP contribution >= 0.6 is 0 Å². The van der Waals surface area contributed by atoms with E-state index in [1.165, 1.54) is 0 Å². The van der Waals surface area contributed by atoms with E-state index >= 15 is 0 Å². The lowest BCUT2D eigenvalue weighted by Gasteiger charge is -2.39. The zero-order valence-electron chi connectivity index (χ0n) is 10.5. The fraction of sp³-hybridized carbons (Fsp3) is 0.400. The second-order valence-corrected chi connectivity index (χ2v) is 4.97. The molecule has 0 N–H and O–H groups in total. The van der Waals surface area contributed by atoms with E-state index in [-0.39, 0.29) is 5.76 Å². The van der Waals surface area contributed by atoms with Crippen molar-refractivity contribution in [2.45, 2.75) is 37.9 Å². The second-order valence-electron chi connectivity index (χ2n) is 4.97. The van der Waals surface area contributed by atoms with Crippen LogP contribution in [0.25, 0.3) is 5.76 Å². The van der Waals surface area contributed by atoms with Crippen molar-refractivity contribution in [1.29, 1.82) is 0 Å². The fourth-order valence-corrected chi connectivity index (χ4v) is 2.63. The summed E-state index contributed by atoms with van der Waals surface area (Å²) in [5, 5.41) is 0. The second kappa shape index (κ2) is 4.68. The molecule has 0 amide bonds. The molecular weight excluding hydrogens is 247 g/mol. The molecule has 100 valence electrons. The average Bonchev–Trinajstić information content (AvgIpc) is 2.45. The van der Waals surface area contributed by atoms with E-state index in [4.69, 9.17) is 9.47 Å². The zero-order chi connectivity index (χ0) is 13.3. The van der Waals surface area contributed by atoms with Crippen LogP contribution in [-0.4, -0.2) is 11.8 Å². The van der Waals surface area contributed by atoms with Crippen molar-refractivity contribution < 1.29 is 18.7 Å². The lowest BCUT2D eigenvalue weighted by Crippen LogP contribution is -2.43. The molecule has 1 spiro atoms. The number of rotatable bonds is 1. The van der Waals surface area contributed by atoms with E-state index in [1.807, 2.05) is 6.07 Å². The molecule has 1 aliphatic carbocycles. The van der Waals surface area contributed by atoms with Crippen molar-refractivity contribution in [2.75, 3.05) is 0 Å². The summed E-state index contributed by atoms with van der Waals surface area (Å²) in [6.45, 7) is 0. The first-order valence-electron chi connectivity index (χ1n) is 6.58. The first-order valence-corrected chi connectivity index (χ1v) is 6.58. The van der Waals surface area contributed by atoms with Crippen molar-refractivity contribution >= 4 is 11.7 Å². The van der Waals surface area contributed by atoms with E-state index in [0.717, 1.165) is 19.3 Å². The van der Waals surface area contributed by atoms with Gasteiger partial charge in [-0.2, -0.15) is 4.39 Å². The Labute approximate surface area is 111 Å². The van der Waals surface area contributed by atoms with Crippen molar-refractivity contribution in [3.05, 3.63) is 41.7 Å². The van der Waals surface area contributed by atoms with E-state index in [9.17, 15) is 9.18 Å². The van der Waals surface area contributed by atoms with Crippen molar-refractivity contribution in [3.63, 3.8) is 0 Å². The molecule has 0 atom stereocenters. The summed E-state index contributed by atoms with van der Waals surface area (Å²) in [5.41, 5.74) is 0.571. The Bertz CT molecular complexity index is 515. The van der Waals surface area contributed by atoms with Gasteiger partial charge in [-0.05, 0) is 12.8 Å². The molecule has 1 aromatic carbocycles. The molecule has 0 aromatic heterocycles. The molecule has 4 heteroatoms. The van der Waals surface area contributed by atoms with Crippen LogP contribution < -0.4 is 0 Å². The molecule has 3 rings (SSSR count). The lowest BCUT2D eigenvalue weighted by molar-refractivity contribution is -0.223. The Balaban J connectivity index is 1.97. The molecule has 0 unspecified atom stereocenters. The molecule has 1 aromatic rings. The number of carbonyl (C=O) groups is 1. The van der Waals surface area contributed by atoms with Crippen LogP contribution in [0, 0.1) is 0 Å². The first-order chi connectivity index (χ1) is 9.20. The van der Waals surface area contributed by atoms with Crippen molar-refractivity contribution in [2.24, 2.45) is 0 Å². The molecule has 1 heterocycles. The summed E-state index contributed by atoms with van der Waals surface area (Å²) < 4.78 is 24.9. The molecule has 1 saturated carbocycles. The topological polar surface area (TPSA) is 35.5 Å². The van der Waals surface area contributed by atoms with Crippen molar-refractivity contribution in [3.8, 4) is 0 Å². The van der Waals surface area contributed by atoms with Crippen LogP contribution in [0.5, 0.6) is 0 Å². The minimum Gasteiger partial charge on any atom is -0.448 e. The van der Waals surface area contributed by atoms with Gasteiger partial charge in [0.15, 0.2) is 5.76 Å². The molecular formula is C15H15FO3. The van der Waals surface area contributed by atoms with Crippen LogP contribution in [0.2, 0.25) is 0 Å². The fourth-order valence-electron chi connectivity index (χ4n) is 2.63. The van der Waals surface area contributed by atoms with Crippen LogP contribution in [0.4, 0.5) is 4.39 Å². The molecule has 3 nitrogen and oxygen atoms in total. The minimum absolute atomic E-state index is 0.0127. The highest BCUT2D eigenvalue weighted by Gasteiger charge is 2.45. The summed E-state index contributed by atoms with van der Waals surface area (Å²) in [4.78, 5) is 11.7. The molecule has 0 radical (unpaired) electrons. The Morgan fingerprint density at radius 1 is 1.00 bits per heavy atom. The van der Waals surface area contributed by atoms with Crippen LogP contribution in [-0.2, 0) is 14.3 Å². The maximum absolute atomic E-state index is 13.9. The number of ether oxygens (including phenoxy) is 2. The Morgan fingerprint density at radius 3 is 2.37 bits per heavy atom. The average molecular weight is 262 g/mol. The van der Waals surface area contributed by atoms with Crippen LogP contribution in [0.15, 0.2) is 36.2 Å². The zero-order valence-corrected chi connectivity index (χ0v) is 10.5. The standard InChI is InChI=1S/C15H15FO3/c16-12-13(11-7-3-1-4-8-11)18-15(19-14(12)17)9-5-2-6-10-15/h1,3-4,7-8H,2,5-6,9-10H2. The third-order valence-corrected chi connectivity index (χ3v) is 3.60. The lowest BCUT2D eigenvalue weighted by atomic mass is 9.93. The normalized spacial score (nSPS) is 22.1. The minimum atomic E-state index is -0.962. The number of hydrogen-bond acceptors (Lipinski definition) is 3. The highest BCUT2D eigenvalue weighted by molar-refractivity contribution is 5.95. The van der Waals surface area contributed by atoms with Gasteiger partial charge in [-0.3, -0.25) is 0 Å². The van der Waals surface area contributed by atoms with Gasteiger partial charge in [0.1, 0.15) is 0 Å². The predicted molar refractivity (Wildman–Crippen MR) is 67.5 cm³/mol. The van der Waals surface area contributed by atoms with E-state index in [0.29, 0.717) is 18.4 Å². The van der Waals surface area contributed by atoms with Crippen LogP contribution in [0.1, 0.15) is 37.7 Å². The SMILES string of the molecule is O=C1OC2(CCCCC2)OC(c2ccccc2)=C1F. The molecule has 0 saturated heterocycles. The van der Waals surface area contributed by atoms with Gasteiger partial charge in [0, 0.05) is 18.4 Å². The van der Waals surface area contributed by atoms with Crippen LogP contribution in [0.3, 0.4) is 0 Å². The first kappa shape index (κ1) is 12.2. The highest BCUT2D eigenvalue weighted by atomic mass is 19.1. The Morgan fingerprint density at radius 2 is 1.68 bits per heavy atom. The smallest absolute Gasteiger partial charge is 0.374 e. The molecule has 1 fully saturated rings. The Kier molecular flexibility index (Phi) is 3.01. The van der Waals surface area contributed by atoms with E-state index < -0.39 is 17.6 Å². The summed E-state index contributed by atoms with van der Waals surface area (Å²) in [5.74, 6) is -2.80. The number of hydrogen-bond donors (Lipinski definition) is 0. The van der Waals surface area contributed by atoms with E-state index in [1.54, 1.807) is 24.3 Å². The van der Waals surface area contributed by atoms with Gasteiger partial charge in [-0.1, -0.05) is 36.8 Å². The van der Waals surface area contributed by atoms with Gasteiger partial charge < -0.3 is 9.47 Å². The summed E-state index contributed by atoms with van der Waals surface area (Å²) >= 11 is 0. The summed E-state index contributed by atoms with van der Waals surface area (Å²) in [7, 11) is 0. The molecule has 0 bridgehead atoms. The van der Waals surface area contributed by atoms with Gasteiger partial charge in [0.25, 0.3) is 11.6 Å². The molecule has 1 aliphatic heterocycles. The van der Waals surface area contributed by atoms with E-state index in [2.05, 4.69) is 0 Å². The number of benzene rings is 1. The monoisotopic (exact) mass is 262 g/mol. The van der Waals surface area contributed by atoms with Crippen molar-refractivity contribution in [1.82, 2.24) is 0 Å². The van der Waals surface area contributed by atoms with Gasteiger partial charge in [-0.15, -0.1) is 0 Å².